The normalized spacial score (nSPS) is 18.2. The highest BCUT2D eigenvalue weighted by molar-refractivity contribution is 6.00. The number of carboxylic acids is 1. The predicted octanol–water partition coefficient (Wildman–Crippen LogP) is 1.05. The first-order valence-electron chi connectivity index (χ1n) is 5.85. The Balaban J connectivity index is 2.37. The molecular weight excluding hydrogens is 269 g/mol. The van der Waals surface area contributed by atoms with Gasteiger partial charge >= 0.3 is 11.9 Å². The molecule has 2 rings (SSSR count). The maximum atomic E-state index is 14.2. The molecule has 1 unspecified atom stereocenters. The van der Waals surface area contributed by atoms with Gasteiger partial charge in [0.1, 0.15) is 0 Å². The molecule has 0 radical (unpaired) electrons. The second-order valence-electron chi connectivity index (χ2n) is 4.37. The summed E-state index contributed by atoms with van der Waals surface area (Å²) in [7, 11) is 1.12. The van der Waals surface area contributed by atoms with Crippen molar-refractivity contribution in [2.75, 3.05) is 18.6 Å². The van der Waals surface area contributed by atoms with E-state index in [1.807, 2.05) is 0 Å². The summed E-state index contributed by atoms with van der Waals surface area (Å²) < 4.78 is 18.7. The van der Waals surface area contributed by atoms with Crippen LogP contribution in [-0.4, -0.2) is 36.6 Å². The first kappa shape index (κ1) is 14.0. The standard InChI is InChI=1S/C13H12FNO5/c1-20-13(19)8-3-2-4-9(11(8)14)15-6-7(12(17)18)5-10(15)16/h2-4,7H,5-6H2,1H3,(H,17,18). The molecule has 1 heterocycles. The summed E-state index contributed by atoms with van der Waals surface area (Å²) in [5.41, 5.74) is -0.404. The molecule has 0 aromatic heterocycles. The van der Waals surface area contributed by atoms with Crippen molar-refractivity contribution >= 4 is 23.5 Å². The van der Waals surface area contributed by atoms with Crippen molar-refractivity contribution in [3.05, 3.63) is 29.6 Å². The van der Waals surface area contributed by atoms with E-state index in [1.165, 1.54) is 18.2 Å². The number of carbonyl (C=O) groups is 3. The lowest BCUT2D eigenvalue weighted by Gasteiger charge is -2.17. The maximum Gasteiger partial charge on any atom is 0.340 e. The van der Waals surface area contributed by atoms with Crippen LogP contribution in [0.1, 0.15) is 16.8 Å². The molecule has 1 saturated heterocycles. The molecule has 1 amide bonds. The van der Waals surface area contributed by atoms with Crippen molar-refractivity contribution in [2.24, 2.45) is 5.92 Å². The minimum atomic E-state index is -1.11. The highest BCUT2D eigenvalue weighted by Crippen LogP contribution is 2.29. The molecule has 0 spiro atoms. The van der Waals surface area contributed by atoms with E-state index in [4.69, 9.17) is 5.11 Å². The van der Waals surface area contributed by atoms with E-state index in [9.17, 15) is 18.8 Å². The number of nitrogens with zero attached hydrogens (tertiary/aromatic N) is 1. The van der Waals surface area contributed by atoms with E-state index in [2.05, 4.69) is 4.74 Å². The van der Waals surface area contributed by atoms with Crippen LogP contribution in [0.2, 0.25) is 0 Å². The summed E-state index contributed by atoms with van der Waals surface area (Å²) in [6.07, 6.45) is -0.183. The van der Waals surface area contributed by atoms with E-state index in [1.54, 1.807) is 0 Å². The monoisotopic (exact) mass is 281 g/mol. The zero-order chi connectivity index (χ0) is 14.9. The maximum absolute atomic E-state index is 14.2. The third kappa shape index (κ3) is 2.34. The Morgan fingerprint density at radius 3 is 2.70 bits per heavy atom. The van der Waals surface area contributed by atoms with Crippen LogP contribution in [0.15, 0.2) is 18.2 Å². The van der Waals surface area contributed by atoms with Crippen molar-refractivity contribution < 1.29 is 28.6 Å². The topological polar surface area (TPSA) is 83.9 Å². The number of anilines is 1. The number of esters is 1. The summed E-state index contributed by atoms with van der Waals surface area (Å²) in [4.78, 5) is 35.1. The van der Waals surface area contributed by atoms with Crippen molar-refractivity contribution in [1.82, 2.24) is 0 Å². The van der Waals surface area contributed by atoms with Gasteiger partial charge in [0, 0.05) is 13.0 Å². The molecule has 1 aliphatic rings. The summed E-state index contributed by atoms with van der Waals surface area (Å²) in [5, 5.41) is 8.90. The smallest absolute Gasteiger partial charge is 0.340 e. The number of carboxylic acid groups (broad SMARTS) is 1. The first-order chi connectivity index (χ1) is 9.45. The average Bonchev–Trinajstić information content (AvgIpc) is 2.80. The first-order valence-corrected chi connectivity index (χ1v) is 5.85. The van der Waals surface area contributed by atoms with Crippen LogP contribution in [0, 0.1) is 11.7 Å². The molecule has 0 saturated carbocycles. The lowest BCUT2D eigenvalue weighted by molar-refractivity contribution is -0.141. The van der Waals surface area contributed by atoms with E-state index < -0.39 is 29.6 Å². The van der Waals surface area contributed by atoms with E-state index in [0.717, 1.165) is 12.0 Å². The van der Waals surface area contributed by atoms with Crippen LogP contribution >= 0.6 is 0 Å². The minimum absolute atomic E-state index is 0.110. The molecule has 0 bridgehead atoms. The molecule has 0 aliphatic carbocycles. The molecule has 1 N–H and O–H groups in total. The Kier molecular flexibility index (Phi) is 3.69. The summed E-state index contributed by atoms with van der Waals surface area (Å²) in [6, 6.07) is 3.97. The van der Waals surface area contributed by atoms with E-state index in [0.29, 0.717) is 0 Å². The van der Waals surface area contributed by atoms with Gasteiger partial charge in [-0.15, -0.1) is 0 Å². The van der Waals surface area contributed by atoms with Gasteiger partial charge in [0.25, 0.3) is 0 Å². The zero-order valence-corrected chi connectivity index (χ0v) is 10.6. The van der Waals surface area contributed by atoms with Gasteiger partial charge in [-0.05, 0) is 12.1 Å². The number of hydrogen-bond donors (Lipinski definition) is 1. The lowest BCUT2D eigenvalue weighted by Crippen LogP contribution is -2.27. The van der Waals surface area contributed by atoms with Crippen LogP contribution in [0.3, 0.4) is 0 Å². The number of carbonyl (C=O) groups excluding carboxylic acids is 2. The number of methoxy groups -OCH3 is 1. The third-order valence-electron chi connectivity index (χ3n) is 3.15. The largest absolute Gasteiger partial charge is 0.481 e. The van der Waals surface area contributed by atoms with Crippen molar-refractivity contribution in [2.45, 2.75) is 6.42 Å². The number of ether oxygens (including phenoxy) is 1. The molecule has 1 aromatic rings. The third-order valence-corrected chi connectivity index (χ3v) is 3.15. The summed E-state index contributed by atoms with van der Waals surface area (Å²) >= 11 is 0. The lowest BCUT2D eigenvalue weighted by atomic mass is 10.1. The van der Waals surface area contributed by atoms with Gasteiger partial charge in [0.15, 0.2) is 5.82 Å². The number of halogens is 1. The molecule has 106 valence electrons. The fourth-order valence-electron chi connectivity index (χ4n) is 2.10. The van der Waals surface area contributed by atoms with Crippen molar-refractivity contribution in [1.29, 1.82) is 0 Å². The molecule has 1 fully saturated rings. The number of aliphatic carboxylic acids is 1. The number of amides is 1. The SMILES string of the molecule is COC(=O)c1cccc(N2CC(C(=O)O)CC2=O)c1F. The molecule has 1 aliphatic heterocycles. The summed E-state index contributed by atoms with van der Waals surface area (Å²) in [5.74, 6) is -4.21. The Labute approximate surface area is 113 Å². The number of benzene rings is 1. The van der Waals surface area contributed by atoms with Gasteiger partial charge in [-0.1, -0.05) is 6.07 Å². The van der Waals surface area contributed by atoms with Crippen molar-refractivity contribution in [3.8, 4) is 0 Å². The van der Waals surface area contributed by atoms with Gasteiger partial charge < -0.3 is 14.7 Å². The van der Waals surface area contributed by atoms with Crippen LogP contribution in [0.5, 0.6) is 0 Å². The van der Waals surface area contributed by atoms with Gasteiger partial charge in [-0.3, -0.25) is 9.59 Å². The Bertz CT molecular complexity index is 586. The molecule has 1 aromatic carbocycles. The highest BCUT2D eigenvalue weighted by atomic mass is 19.1. The second kappa shape index (κ2) is 5.28. The van der Waals surface area contributed by atoms with Crippen LogP contribution < -0.4 is 4.90 Å². The van der Waals surface area contributed by atoms with Gasteiger partial charge in [-0.2, -0.15) is 0 Å². The van der Waals surface area contributed by atoms with Crippen molar-refractivity contribution in [3.63, 3.8) is 0 Å². The molecule has 7 heteroatoms. The average molecular weight is 281 g/mol. The molecule has 1 atom stereocenters. The quantitative estimate of drug-likeness (QED) is 0.837. The Morgan fingerprint density at radius 1 is 1.45 bits per heavy atom. The zero-order valence-electron chi connectivity index (χ0n) is 10.6. The molecule has 6 nitrogen and oxygen atoms in total. The van der Waals surface area contributed by atoms with Crippen LogP contribution in [0.25, 0.3) is 0 Å². The Hall–Kier alpha value is -2.44. The van der Waals surface area contributed by atoms with Gasteiger partial charge in [0.2, 0.25) is 5.91 Å². The van der Waals surface area contributed by atoms with Crippen LogP contribution in [0.4, 0.5) is 10.1 Å². The highest BCUT2D eigenvalue weighted by Gasteiger charge is 2.36. The Morgan fingerprint density at radius 2 is 2.15 bits per heavy atom. The van der Waals surface area contributed by atoms with Gasteiger partial charge in [-0.25, -0.2) is 9.18 Å². The second-order valence-corrected chi connectivity index (χ2v) is 4.37. The molecular formula is C13H12FNO5. The summed E-state index contributed by atoms with van der Waals surface area (Å²) in [6.45, 7) is -0.115. The number of rotatable bonds is 3. The van der Waals surface area contributed by atoms with E-state index in [-0.39, 0.29) is 24.2 Å². The van der Waals surface area contributed by atoms with Crippen LogP contribution in [-0.2, 0) is 14.3 Å². The van der Waals surface area contributed by atoms with E-state index >= 15 is 0 Å². The van der Waals surface area contributed by atoms with Gasteiger partial charge in [0.05, 0.1) is 24.3 Å². The fraction of sp³-hybridized carbons (Fsp3) is 0.308. The minimum Gasteiger partial charge on any atom is -0.481 e. The molecule has 20 heavy (non-hydrogen) atoms. The predicted molar refractivity (Wildman–Crippen MR) is 65.8 cm³/mol. The fourth-order valence-corrected chi connectivity index (χ4v) is 2.10. The number of hydrogen-bond acceptors (Lipinski definition) is 4.